The molecule has 21 heavy (non-hydrogen) atoms. The number of carbonyl (C=O) groups excluding carboxylic acids is 1. The van der Waals surface area contributed by atoms with Gasteiger partial charge in [0.15, 0.2) is 0 Å². The second-order valence-corrected chi connectivity index (χ2v) is 6.57. The number of halogens is 2. The van der Waals surface area contributed by atoms with Gasteiger partial charge in [-0.05, 0) is 18.2 Å². The first-order chi connectivity index (χ1) is 9.67. The van der Waals surface area contributed by atoms with Crippen molar-refractivity contribution in [3.8, 4) is 0 Å². The molecule has 1 aromatic carbocycles. The number of hydrogen-bond acceptors (Lipinski definition) is 4. The van der Waals surface area contributed by atoms with E-state index in [1.165, 1.54) is 23.1 Å². The molecule has 1 aromatic rings. The number of carboxylic acid groups (broad SMARTS) is 1. The van der Waals surface area contributed by atoms with Gasteiger partial charge in [0.05, 0.1) is 16.3 Å². The molecule has 1 amide bonds. The Balaban J connectivity index is 2.21. The van der Waals surface area contributed by atoms with E-state index in [2.05, 4.69) is 0 Å². The highest BCUT2D eigenvalue weighted by molar-refractivity contribution is 7.86. The molecule has 2 rings (SSSR count). The van der Waals surface area contributed by atoms with Crippen LogP contribution in [0.3, 0.4) is 0 Å². The Hall–Kier alpha value is -1.67. The number of anilines is 1. The van der Waals surface area contributed by atoms with Gasteiger partial charge in [0.25, 0.3) is 0 Å². The SMILES string of the molecule is O=C(O)c1ccc(N2CC(CS(=O)(=O)F)CC2=O)cc1Cl. The third-order valence-corrected chi connectivity index (χ3v) is 4.32. The Labute approximate surface area is 125 Å². The lowest BCUT2D eigenvalue weighted by atomic mass is 10.1. The molecular formula is C12H11ClFNO5S. The molecule has 1 heterocycles. The molecule has 0 saturated carbocycles. The first-order valence-corrected chi connectivity index (χ1v) is 7.86. The molecule has 0 radical (unpaired) electrons. The summed E-state index contributed by atoms with van der Waals surface area (Å²) in [5, 5.41) is 8.84. The molecule has 0 bridgehead atoms. The topological polar surface area (TPSA) is 91.8 Å². The molecule has 1 aliphatic rings. The molecule has 1 atom stereocenters. The number of nitrogens with zero attached hydrogens (tertiary/aromatic N) is 1. The number of hydrogen-bond donors (Lipinski definition) is 1. The van der Waals surface area contributed by atoms with Gasteiger partial charge in [-0.1, -0.05) is 11.6 Å². The summed E-state index contributed by atoms with van der Waals surface area (Å²) in [7, 11) is -4.65. The highest BCUT2D eigenvalue weighted by atomic mass is 35.5. The normalized spacial score (nSPS) is 19.0. The molecule has 1 saturated heterocycles. The molecule has 0 aliphatic carbocycles. The highest BCUT2D eigenvalue weighted by Gasteiger charge is 2.33. The number of aromatic carboxylic acids is 1. The van der Waals surface area contributed by atoms with E-state index in [4.69, 9.17) is 16.7 Å². The predicted molar refractivity (Wildman–Crippen MR) is 73.8 cm³/mol. The highest BCUT2D eigenvalue weighted by Crippen LogP contribution is 2.29. The van der Waals surface area contributed by atoms with Crippen molar-refractivity contribution in [2.24, 2.45) is 5.92 Å². The summed E-state index contributed by atoms with van der Waals surface area (Å²) in [6.45, 7) is 0.0464. The molecular weight excluding hydrogens is 325 g/mol. The zero-order valence-corrected chi connectivity index (χ0v) is 12.2. The van der Waals surface area contributed by atoms with Crippen LogP contribution in [0, 0.1) is 5.92 Å². The van der Waals surface area contributed by atoms with Crippen LogP contribution in [-0.2, 0) is 15.0 Å². The Morgan fingerprint density at radius 3 is 2.67 bits per heavy atom. The van der Waals surface area contributed by atoms with Crippen LogP contribution < -0.4 is 4.90 Å². The van der Waals surface area contributed by atoms with Crippen LogP contribution in [0.2, 0.25) is 5.02 Å². The molecule has 114 valence electrons. The predicted octanol–water partition coefficient (Wildman–Crippen LogP) is 1.69. The number of amides is 1. The Morgan fingerprint density at radius 1 is 1.48 bits per heavy atom. The fraction of sp³-hybridized carbons (Fsp3) is 0.333. The molecule has 6 nitrogen and oxygen atoms in total. The van der Waals surface area contributed by atoms with E-state index in [0.29, 0.717) is 5.69 Å². The third kappa shape index (κ3) is 3.70. The van der Waals surface area contributed by atoms with E-state index in [1.54, 1.807) is 0 Å². The van der Waals surface area contributed by atoms with Crippen molar-refractivity contribution >= 4 is 39.4 Å². The molecule has 9 heteroatoms. The minimum absolute atomic E-state index is 0.0330. The van der Waals surface area contributed by atoms with Crippen LogP contribution in [0.5, 0.6) is 0 Å². The smallest absolute Gasteiger partial charge is 0.337 e. The van der Waals surface area contributed by atoms with Crippen molar-refractivity contribution in [2.45, 2.75) is 6.42 Å². The second-order valence-electron chi connectivity index (χ2n) is 4.75. The van der Waals surface area contributed by atoms with Gasteiger partial charge in [-0.15, -0.1) is 3.89 Å². The minimum Gasteiger partial charge on any atom is -0.478 e. The first kappa shape index (κ1) is 15.7. The van der Waals surface area contributed by atoms with Gasteiger partial charge in [-0.25, -0.2) is 4.79 Å². The van der Waals surface area contributed by atoms with Crippen LogP contribution in [0.15, 0.2) is 18.2 Å². The average molecular weight is 336 g/mol. The van der Waals surface area contributed by atoms with Crippen molar-refractivity contribution in [3.05, 3.63) is 28.8 Å². The van der Waals surface area contributed by atoms with Gasteiger partial charge in [-0.3, -0.25) is 4.79 Å². The van der Waals surface area contributed by atoms with Crippen molar-refractivity contribution in [3.63, 3.8) is 0 Å². The number of carboxylic acids is 1. The van der Waals surface area contributed by atoms with Crippen molar-refractivity contribution in [1.82, 2.24) is 0 Å². The van der Waals surface area contributed by atoms with Gasteiger partial charge in [0, 0.05) is 24.6 Å². The van der Waals surface area contributed by atoms with E-state index in [0.717, 1.165) is 0 Å². The summed E-state index contributed by atoms with van der Waals surface area (Å²) < 4.78 is 33.9. The molecule has 1 unspecified atom stereocenters. The van der Waals surface area contributed by atoms with Crippen LogP contribution in [0.1, 0.15) is 16.8 Å². The number of benzene rings is 1. The van der Waals surface area contributed by atoms with Gasteiger partial charge >= 0.3 is 16.2 Å². The standard InChI is InChI=1S/C12H11ClFNO5S/c13-10-4-8(1-2-9(10)12(17)18)15-5-7(3-11(15)16)6-21(14,19)20/h1-2,4,7H,3,5-6H2,(H,17,18). The summed E-state index contributed by atoms with van der Waals surface area (Å²) in [5.41, 5.74) is 0.253. The summed E-state index contributed by atoms with van der Waals surface area (Å²) >= 11 is 5.82. The zero-order chi connectivity index (χ0) is 15.8. The number of carbonyl (C=O) groups is 2. The molecule has 1 fully saturated rings. The van der Waals surface area contributed by atoms with E-state index < -0.39 is 27.9 Å². The van der Waals surface area contributed by atoms with E-state index in [9.17, 15) is 21.9 Å². The number of rotatable bonds is 4. The Morgan fingerprint density at radius 2 is 2.14 bits per heavy atom. The first-order valence-electron chi connectivity index (χ1n) is 5.93. The van der Waals surface area contributed by atoms with Crippen molar-refractivity contribution in [2.75, 3.05) is 17.2 Å². The average Bonchev–Trinajstić information content (AvgIpc) is 2.66. The molecule has 0 aromatic heterocycles. The summed E-state index contributed by atoms with van der Waals surface area (Å²) in [6.07, 6.45) is -0.0819. The fourth-order valence-corrected chi connectivity index (χ4v) is 3.31. The maximum absolute atomic E-state index is 12.7. The quantitative estimate of drug-likeness (QED) is 0.845. The van der Waals surface area contributed by atoms with E-state index in [1.807, 2.05) is 0 Å². The summed E-state index contributed by atoms with van der Waals surface area (Å²) in [6, 6.07) is 3.97. The van der Waals surface area contributed by atoms with Gasteiger partial charge < -0.3 is 10.0 Å². The molecule has 1 aliphatic heterocycles. The van der Waals surface area contributed by atoms with Crippen LogP contribution in [-0.4, -0.2) is 37.7 Å². The molecule has 0 spiro atoms. The van der Waals surface area contributed by atoms with Crippen molar-refractivity contribution < 1.29 is 27.0 Å². The monoisotopic (exact) mass is 335 g/mol. The van der Waals surface area contributed by atoms with Gasteiger partial charge in [-0.2, -0.15) is 8.42 Å². The maximum atomic E-state index is 12.7. The maximum Gasteiger partial charge on any atom is 0.337 e. The van der Waals surface area contributed by atoms with Crippen LogP contribution in [0.25, 0.3) is 0 Å². The lowest BCUT2D eigenvalue weighted by molar-refractivity contribution is -0.117. The van der Waals surface area contributed by atoms with Crippen molar-refractivity contribution in [1.29, 1.82) is 0 Å². The lowest BCUT2D eigenvalue weighted by Crippen LogP contribution is -2.25. The minimum atomic E-state index is -4.65. The second kappa shape index (κ2) is 5.61. The lowest BCUT2D eigenvalue weighted by Gasteiger charge is -2.17. The van der Waals surface area contributed by atoms with Crippen LogP contribution in [0.4, 0.5) is 9.57 Å². The Kier molecular flexibility index (Phi) is 4.20. The summed E-state index contributed by atoms with van der Waals surface area (Å²) in [5.74, 6) is -2.90. The largest absolute Gasteiger partial charge is 0.478 e. The van der Waals surface area contributed by atoms with Gasteiger partial charge in [0.1, 0.15) is 0 Å². The third-order valence-electron chi connectivity index (χ3n) is 3.13. The zero-order valence-electron chi connectivity index (χ0n) is 10.6. The van der Waals surface area contributed by atoms with E-state index in [-0.39, 0.29) is 29.5 Å². The molecule has 1 N–H and O–H groups in total. The van der Waals surface area contributed by atoms with E-state index >= 15 is 0 Å². The van der Waals surface area contributed by atoms with Gasteiger partial charge in [0.2, 0.25) is 5.91 Å². The summed E-state index contributed by atoms with van der Waals surface area (Å²) in [4.78, 5) is 24.0. The Bertz CT molecular complexity index is 706. The fourth-order valence-electron chi connectivity index (χ4n) is 2.27. The van der Waals surface area contributed by atoms with Crippen LogP contribution >= 0.6 is 11.6 Å².